The maximum atomic E-state index is 14.9. The second kappa shape index (κ2) is 10.6. The molecule has 0 spiro atoms. The second-order valence-electron chi connectivity index (χ2n) is 9.38. The lowest BCUT2D eigenvalue weighted by Gasteiger charge is -2.35. The molecule has 1 fully saturated rings. The molecule has 1 saturated heterocycles. The first kappa shape index (κ1) is 25.6. The fourth-order valence-corrected chi connectivity index (χ4v) is 5.17. The van der Waals surface area contributed by atoms with Gasteiger partial charge in [0.25, 0.3) is 0 Å². The third kappa shape index (κ3) is 6.21. The van der Waals surface area contributed by atoms with Crippen LogP contribution in [-0.4, -0.2) is 19.1 Å². The van der Waals surface area contributed by atoms with Gasteiger partial charge in [0.15, 0.2) is 11.6 Å². The Morgan fingerprint density at radius 2 is 1.66 bits per heavy atom. The molecule has 0 amide bonds. The SMILES string of the molecule is CCCC1CCC(C2CC=C(c3ccc(-c4cc(F)c(OC(F)(F)F)c(F)c4)c(F)c3)CC2)OC1. The number of halogens is 6. The molecule has 0 saturated carbocycles. The molecule has 0 radical (unpaired) electrons. The smallest absolute Gasteiger partial charge is 0.399 e. The average molecular weight is 499 g/mol. The lowest BCUT2D eigenvalue weighted by Crippen LogP contribution is -2.32. The van der Waals surface area contributed by atoms with Crippen molar-refractivity contribution < 1.29 is 35.8 Å². The molecule has 190 valence electrons. The molecule has 35 heavy (non-hydrogen) atoms. The van der Waals surface area contributed by atoms with E-state index in [-0.39, 0.29) is 17.2 Å². The maximum Gasteiger partial charge on any atom is 0.573 e. The van der Waals surface area contributed by atoms with E-state index in [0.29, 0.717) is 29.5 Å². The van der Waals surface area contributed by atoms with Crippen molar-refractivity contribution in [2.75, 3.05) is 6.61 Å². The monoisotopic (exact) mass is 498 g/mol. The van der Waals surface area contributed by atoms with E-state index in [4.69, 9.17) is 4.74 Å². The van der Waals surface area contributed by atoms with Crippen molar-refractivity contribution >= 4 is 5.57 Å². The molecule has 2 aliphatic rings. The van der Waals surface area contributed by atoms with Crippen LogP contribution in [0.2, 0.25) is 0 Å². The fourth-order valence-electron chi connectivity index (χ4n) is 5.17. The molecule has 3 unspecified atom stereocenters. The maximum absolute atomic E-state index is 14.9. The van der Waals surface area contributed by atoms with Crippen LogP contribution in [-0.2, 0) is 4.74 Å². The van der Waals surface area contributed by atoms with Crippen molar-refractivity contribution in [2.45, 2.75) is 64.3 Å². The standard InChI is InChI=1S/C27H28F6O2/c1-2-3-16-4-11-25(34-15-16)18-7-5-17(6-8-18)19-9-10-21(22(28)12-19)20-13-23(29)26(24(30)14-20)35-27(31,32)33/h5,9-10,12-14,16,18,25H,2-4,6-8,11,15H2,1H3. The highest BCUT2D eigenvalue weighted by molar-refractivity contribution is 5.72. The normalized spacial score (nSPS) is 23.2. The Labute approximate surface area is 200 Å². The zero-order valence-electron chi connectivity index (χ0n) is 19.4. The number of hydrogen-bond donors (Lipinski definition) is 0. The molecule has 1 aliphatic carbocycles. The van der Waals surface area contributed by atoms with Crippen LogP contribution in [0.1, 0.15) is 57.4 Å². The molecule has 8 heteroatoms. The van der Waals surface area contributed by atoms with E-state index < -0.39 is 29.6 Å². The average Bonchev–Trinajstić information content (AvgIpc) is 2.81. The largest absolute Gasteiger partial charge is 0.573 e. The van der Waals surface area contributed by atoms with Crippen LogP contribution >= 0.6 is 0 Å². The summed E-state index contributed by atoms with van der Waals surface area (Å²) in [5.41, 5.74) is 1.34. The summed E-state index contributed by atoms with van der Waals surface area (Å²) in [6.07, 6.45) is 4.32. The van der Waals surface area contributed by atoms with Gasteiger partial charge in [0.05, 0.1) is 6.10 Å². The van der Waals surface area contributed by atoms with Gasteiger partial charge in [0, 0.05) is 12.2 Å². The second-order valence-corrected chi connectivity index (χ2v) is 9.38. The van der Waals surface area contributed by atoms with Crippen molar-refractivity contribution in [3.05, 3.63) is 59.4 Å². The first-order valence-electron chi connectivity index (χ1n) is 12.0. The number of allylic oxidation sites excluding steroid dienone is 2. The number of ether oxygens (including phenoxy) is 2. The van der Waals surface area contributed by atoms with Gasteiger partial charge in [-0.1, -0.05) is 31.6 Å². The molecule has 0 N–H and O–H groups in total. The summed E-state index contributed by atoms with van der Waals surface area (Å²) in [6, 6.07) is 5.59. The Hall–Kier alpha value is -2.48. The Bertz CT molecular complexity index is 1050. The molecule has 1 aliphatic heterocycles. The molecule has 0 bridgehead atoms. The van der Waals surface area contributed by atoms with Crippen molar-refractivity contribution in [3.8, 4) is 16.9 Å². The van der Waals surface area contributed by atoms with E-state index in [0.717, 1.165) is 37.9 Å². The topological polar surface area (TPSA) is 18.5 Å². The fraction of sp³-hybridized carbons (Fsp3) is 0.481. The highest BCUT2D eigenvalue weighted by Crippen LogP contribution is 2.38. The van der Waals surface area contributed by atoms with Crippen molar-refractivity contribution in [2.24, 2.45) is 11.8 Å². The van der Waals surface area contributed by atoms with Gasteiger partial charge in [-0.25, -0.2) is 13.2 Å². The molecule has 1 heterocycles. The molecule has 3 atom stereocenters. The van der Waals surface area contributed by atoms with Crippen LogP contribution < -0.4 is 4.74 Å². The Kier molecular flexibility index (Phi) is 7.79. The minimum Gasteiger partial charge on any atom is -0.399 e. The molecule has 2 nitrogen and oxygen atoms in total. The molecular weight excluding hydrogens is 470 g/mol. The predicted octanol–water partition coefficient (Wildman–Crippen LogP) is 8.45. The molecule has 0 aromatic heterocycles. The molecule has 2 aromatic rings. The summed E-state index contributed by atoms with van der Waals surface area (Å²) >= 11 is 0. The van der Waals surface area contributed by atoms with Gasteiger partial charge in [-0.3, -0.25) is 0 Å². The predicted molar refractivity (Wildman–Crippen MR) is 121 cm³/mol. The first-order valence-corrected chi connectivity index (χ1v) is 12.0. The van der Waals surface area contributed by atoms with E-state index in [9.17, 15) is 26.3 Å². The third-order valence-corrected chi connectivity index (χ3v) is 6.95. The summed E-state index contributed by atoms with van der Waals surface area (Å²) in [6.45, 7) is 3.01. The highest BCUT2D eigenvalue weighted by atomic mass is 19.4. The highest BCUT2D eigenvalue weighted by Gasteiger charge is 2.34. The number of benzene rings is 2. The summed E-state index contributed by atoms with van der Waals surface area (Å²) in [5.74, 6) is -4.31. The van der Waals surface area contributed by atoms with Crippen LogP contribution in [0, 0.1) is 29.3 Å². The zero-order chi connectivity index (χ0) is 25.2. The van der Waals surface area contributed by atoms with Crippen molar-refractivity contribution in [3.63, 3.8) is 0 Å². The number of hydrogen-bond acceptors (Lipinski definition) is 2. The summed E-state index contributed by atoms with van der Waals surface area (Å²) in [4.78, 5) is 0. The van der Waals surface area contributed by atoms with Crippen LogP contribution in [0.3, 0.4) is 0 Å². The van der Waals surface area contributed by atoms with E-state index in [1.54, 1.807) is 6.07 Å². The minimum atomic E-state index is -5.25. The molecular formula is C27H28F6O2. The van der Waals surface area contributed by atoms with Gasteiger partial charge in [-0.2, -0.15) is 0 Å². The van der Waals surface area contributed by atoms with Gasteiger partial charge in [0.2, 0.25) is 5.75 Å². The van der Waals surface area contributed by atoms with Crippen LogP contribution in [0.15, 0.2) is 36.4 Å². The Morgan fingerprint density at radius 1 is 0.943 bits per heavy atom. The van der Waals surface area contributed by atoms with E-state index in [1.807, 2.05) is 0 Å². The number of rotatable bonds is 6. The summed E-state index contributed by atoms with van der Waals surface area (Å²) in [5, 5.41) is 0. The van der Waals surface area contributed by atoms with Crippen LogP contribution in [0.4, 0.5) is 26.3 Å². The Morgan fingerprint density at radius 3 is 2.20 bits per heavy atom. The lowest BCUT2D eigenvalue weighted by atomic mass is 9.80. The van der Waals surface area contributed by atoms with Crippen LogP contribution in [0.25, 0.3) is 16.7 Å². The van der Waals surface area contributed by atoms with E-state index in [1.165, 1.54) is 31.4 Å². The molecule has 4 rings (SSSR count). The van der Waals surface area contributed by atoms with Gasteiger partial charge < -0.3 is 9.47 Å². The van der Waals surface area contributed by atoms with E-state index in [2.05, 4.69) is 17.7 Å². The third-order valence-electron chi connectivity index (χ3n) is 6.95. The van der Waals surface area contributed by atoms with Gasteiger partial charge in [-0.15, -0.1) is 13.2 Å². The first-order chi connectivity index (χ1) is 16.6. The minimum absolute atomic E-state index is 0.114. The number of alkyl halides is 3. The lowest BCUT2D eigenvalue weighted by molar-refractivity contribution is -0.276. The summed E-state index contributed by atoms with van der Waals surface area (Å²) in [7, 11) is 0. The zero-order valence-corrected chi connectivity index (χ0v) is 19.4. The Balaban J connectivity index is 1.45. The van der Waals surface area contributed by atoms with Gasteiger partial charge >= 0.3 is 6.36 Å². The van der Waals surface area contributed by atoms with Gasteiger partial charge in [-0.05, 0) is 85.3 Å². The van der Waals surface area contributed by atoms with Crippen molar-refractivity contribution in [1.29, 1.82) is 0 Å². The van der Waals surface area contributed by atoms with E-state index >= 15 is 0 Å². The van der Waals surface area contributed by atoms with Crippen LogP contribution in [0.5, 0.6) is 5.75 Å². The van der Waals surface area contributed by atoms with Gasteiger partial charge in [0.1, 0.15) is 5.82 Å². The van der Waals surface area contributed by atoms with Crippen molar-refractivity contribution in [1.82, 2.24) is 0 Å². The quantitative estimate of drug-likeness (QED) is 0.372. The molecule has 2 aromatic carbocycles. The summed E-state index contributed by atoms with van der Waals surface area (Å²) < 4.78 is 89.6.